The minimum Gasteiger partial charge on any atom is -0.351 e. The van der Waals surface area contributed by atoms with Crippen LogP contribution in [-0.2, 0) is 0 Å². The number of hydrogen-bond acceptors (Lipinski definition) is 4. The molecule has 2 aromatic carbocycles. The Morgan fingerprint density at radius 1 is 1.04 bits per heavy atom. The molecule has 0 fully saturated rings. The van der Waals surface area contributed by atoms with Gasteiger partial charge in [-0.05, 0) is 44.4 Å². The van der Waals surface area contributed by atoms with E-state index in [1.807, 2.05) is 25.1 Å². The molecule has 0 aromatic heterocycles. The standard InChI is InChI=1S/C19H20N4O2/c1-23(2)11-10-21-18(24)14-7-5-8-15(12-14)19(25)22-17-9-4-3-6-16(17)13-20/h3-9,12H,10-11H2,1-2H3,(H,21,24)(H,22,25). The van der Waals surface area contributed by atoms with Crippen molar-refractivity contribution in [1.29, 1.82) is 5.26 Å². The molecule has 0 bridgehead atoms. The van der Waals surface area contributed by atoms with Crippen molar-refractivity contribution in [2.75, 3.05) is 32.5 Å². The van der Waals surface area contributed by atoms with Gasteiger partial charge >= 0.3 is 0 Å². The summed E-state index contributed by atoms with van der Waals surface area (Å²) in [7, 11) is 3.85. The summed E-state index contributed by atoms with van der Waals surface area (Å²) in [5.41, 5.74) is 1.59. The molecule has 25 heavy (non-hydrogen) atoms. The van der Waals surface area contributed by atoms with Crippen LogP contribution in [0.4, 0.5) is 5.69 Å². The number of amides is 2. The number of rotatable bonds is 6. The fourth-order valence-electron chi connectivity index (χ4n) is 2.18. The van der Waals surface area contributed by atoms with Gasteiger partial charge in [0.2, 0.25) is 0 Å². The lowest BCUT2D eigenvalue weighted by atomic mass is 10.1. The first kappa shape index (κ1) is 18.2. The average molecular weight is 336 g/mol. The van der Waals surface area contributed by atoms with Crippen LogP contribution in [0.3, 0.4) is 0 Å². The molecule has 2 rings (SSSR count). The third kappa shape index (κ3) is 5.16. The van der Waals surface area contributed by atoms with E-state index in [-0.39, 0.29) is 11.8 Å². The van der Waals surface area contributed by atoms with Gasteiger partial charge < -0.3 is 15.5 Å². The minimum absolute atomic E-state index is 0.228. The molecule has 0 saturated heterocycles. The van der Waals surface area contributed by atoms with Gasteiger partial charge in [-0.25, -0.2) is 0 Å². The quantitative estimate of drug-likeness (QED) is 0.846. The number of nitrogens with zero attached hydrogens (tertiary/aromatic N) is 2. The number of nitriles is 1. The Kier molecular flexibility index (Phi) is 6.26. The third-order valence-electron chi connectivity index (χ3n) is 3.53. The molecule has 2 amide bonds. The largest absolute Gasteiger partial charge is 0.351 e. The van der Waals surface area contributed by atoms with Gasteiger partial charge in [0, 0.05) is 24.2 Å². The summed E-state index contributed by atoms with van der Waals surface area (Å²) >= 11 is 0. The summed E-state index contributed by atoms with van der Waals surface area (Å²) in [6, 6.07) is 15.3. The monoisotopic (exact) mass is 336 g/mol. The third-order valence-corrected chi connectivity index (χ3v) is 3.53. The van der Waals surface area contributed by atoms with Crippen LogP contribution in [0.2, 0.25) is 0 Å². The highest BCUT2D eigenvalue weighted by atomic mass is 16.2. The van der Waals surface area contributed by atoms with Gasteiger partial charge in [-0.1, -0.05) is 18.2 Å². The van der Waals surface area contributed by atoms with E-state index >= 15 is 0 Å². The van der Waals surface area contributed by atoms with Crippen molar-refractivity contribution in [3.05, 3.63) is 65.2 Å². The molecule has 6 heteroatoms. The Bertz CT molecular complexity index is 809. The molecule has 0 atom stereocenters. The van der Waals surface area contributed by atoms with Crippen LogP contribution >= 0.6 is 0 Å². The van der Waals surface area contributed by atoms with E-state index in [0.29, 0.717) is 28.9 Å². The van der Waals surface area contributed by atoms with Crippen LogP contribution < -0.4 is 10.6 Å². The second-order valence-electron chi connectivity index (χ2n) is 5.75. The minimum atomic E-state index is -0.370. The molecule has 0 spiro atoms. The van der Waals surface area contributed by atoms with Crippen molar-refractivity contribution in [2.45, 2.75) is 0 Å². The van der Waals surface area contributed by atoms with E-state index in [1.165, 1.54) is 6.07 Å². The lowest BCUT2D eigenvalue weighted by Gasteiger charge is -2.11. The molecule has 0 radical (unpaired) electrons. The van der Waals surface area contributed by atoms with E-state index in [4.69, 9.17) is 5.26 Å². The highest BCUT2D eigenvalue weighted by Gasteiger charge is 2.12. The topological polar surface area (TPSA) is 85.2 Å². The van der Waals surface area contributed by atoms with Crippen LogP contribution in [0.15, 0.2) is 48.5 Å². The Morgan fingerprint density at radius 3 is 2.40 bits per heavy atom. The van der Waals surface area contributed by atoms with E-state index in [9.17, 15) is 9.59 Å². The zero-order valence-electron chi connectivity index (χ0n) is 14.2. The molecule has 0 aliphatic rings. The molecule has 0 heterocycles. The van der Waals surface area contributed by atoms with Crippen LogP contribution in [0.1, 0.15) is 26.3 Å². The number of nitrogens with one attached hydrogen (secondary N) is 2. The molecule has 0 saturated carbocycles. The number of carbonyl (C=O) groups excluding carboxylic acids is 2. The Morgan fingerprint density at radius 2 is 1.72 bits per heavy atom. The first-order valence-electron chi connectivity index (χ1n) is 7.84. The molecule has 0 aliphatic carbocycles. The van der Waals surface area contributed by atoms with Crippen molar-refractivity contribution in [1.82, 2.24) is 10.2 Å². The van der Waals surface area contributed by atoms with E-state index < -0.39 is 0 Å². The van der Waals surface area contributed by atoms with Gasteiger partial charge in [-0.15, -0.1) is 0 Å². The number of hydrogen-bond donors (Lipinski definition) is 2. The van der Waals surface area contributed by atoms with Crippen LogP contribution in [0.25, 0.3) is 0 Å². The predicted molar refractivity (Wildman–Crippen MR) is 96.4 cm³/mol. The molecular weight excluding hydrogens is 316 g/mol. The first-order chi connectivity index (χ1) is 12.0. The smallest absolute Gasteiger partial charge is 0.255 e. The van der Waals surface area contributed by atoms with Crippen LogP contribution in [-0.4, -0.2) is 43.9 Å². The molecule has 6 nitrogen and oxygen atoms in total. The predicted octanol–water partition coefficient (Wildman–Crippen LogP) is 2.10. The number of benzene rings is 2. The zero-order chi connectivity index (χ0) is 18.2. The van der Waals surface area contributed by atoms with Gasteiger partial charge in [0.1, 0.15) is 6.07 Å². The summed E-state index contributed by atoms with van der Waals surface area (Å²) in [5, 5.41) is 14.6. The second kappa shape index (κ2) is 8.62. The summed E-state index contributed by atoms with van der Waals surface area (Å²) < 4.78 is 0. The van der Waals surface area contributed by atoms with Crippen molar-refractivity contribution in [2.24, 2.45) is 0 Å². The molecule has 0 unspecified atom stereocenters. The van der Waals surface area contributed by atoms with E-state index in [1.54, 1.807) is 42.5 Å². The number of carbonyl (C=O) groups is 2. The maximum absolute atomic E-state index is 12.4. The van der Waals surface area contributed by atoms with Crippen LogP contribution in [0.5, 0.6) is 0 Å². The molecule has 2 aromatic rings. The van der Waals surface area contributed by atoms with Crippen molar-refractivity contribution < 1.29 is 9.59 Å². The first-order valence-corrected chi connectivity index (χ1v) is 7.84. The average Bonchev–Trinajstić information content (AvgIpc) is 2.61. The van der Waals surface area contributed by atoms with Gasteiger partial charge in [-0.2, -0.15) is 5.26 Å². The summed E-state index contributed by atoms with van der Waals surface area (Å²) in [6.45, 7) is 1.26. The molecular formula is C19H20N4O2. The van der Waals surface area contributed by atoms with Crippen LogP contribution in [0, 0.1) is 11.3 Å². The summed E-state index contributed by atoms with van der Waals surface area (Å²) in [5.74, 6) is -0.598. The second-order valence-corrected chi connectivity index (χ2v) is 5.75. The summed E-state index contributed by atoms with van der Waals surface area (Å²) in [6.07, 6.45) is 0. The SMILES string of the molecule is CN(C)CCNC(=O)c1cccc(C(=O)Nc2ccccc2C#N)c1. The normalized spacial score (nSPS) is 10.2. The van der Waals surface area contributed by atoms with E-state index in [0.717, 1.165) is 6.54 Å². The number of para-hydroxylation sites is 1. The Hall–Kier alpha value is -3.17. The zero-order valence-corrected chi connectivity index (χ0v) is 14.2. The van der Waals surface area contributed by atoms with Gasteiger partial charge in [0.15, 0.2) is 0 Å². The Balaban J connectivity index is 2.08. The van der Waals surface area contributed by atoms with Crippen molar-refractivity contribution >= 4 is 17.5 Å². The maximum atomic E-state index is 12.4. The fourth-order valence-corrected chi connectivity index (χ4v) is 2.18. The Labute approximate surface area is 147 Å². The maximum Gasteiger partial charge on any atom is 0.255 e. The highest BCUT2D eigenvalue weighted by Crippen LogP contribution is 2.15. The number of anilines is 1. The van der Waals surface area contributed by atoms with Gasteiger partial charge in [0.05, 0.1) is 11.3 Å². The lowest BCUT2D eigenvalue weighted by Crippen LogP contribution is -2.31. The van der Waals surface area contributed by atoms with Gasteiger partial charge in [0.25, 0.3) is 11.8 Å². The molecule has 128 valence electrons. The number of likely N-dealkylation sites (N-methyl/N-ethyl adjacent to an activating group) is 1. The molecule has 0 aliphatic heterocycles. The summed E-state index contributed by atoms with van der Waals surface area (Å²) in [4.78, 5) is 26.5. The van der Waals surface area contributed by atoms with Gasteiger partial charge in [-0.3, -0.25) is 9.59 Å². The van der Waals surface area contributed by atoms with E-state index in [2.05, 4.69) is 10.6 Å². The molecule has 2 N–H and O–H groups in total. The fraction of sp³-hybridized carbons (Fsp3) is 0.211. The highest BCUT2D eigenvalue weighted by molar-refractivity contribution is 6.06. The van der Waals surface area contributed by atoms with Crippen molar-refractivity contribution in [3.63, 3.8) is 0 Å². The lowest BCUT2D eigenvalue weighted by molar-refractivity contribution is 0.0951. The van der Waals surface area contributed by atoms with Crippen molar-refractivity contribution in [3.8, 4) is 6.07 Å².